The van der Waals surface area contributed by atoms with E-state index in [1.807, 2.05) is 42.5 Å². The second kappa shape index (κ2) is 7.68. The smallest absolute Gasteiger partial charge is 0.363 e. The molecule has 2 aromatic rings. The van der Waals surface area contributed by atoms with E-state index in [9.17, 15) is 4.79 Å². The molecule has 3 heterocycles. The van der Waals surface area contributed by atoms with Crippen LogP contribution in [0.5, 0.6) is 0 Å². The van der Waals surface area contributed by atoms with E-state index in [1.54, 1.807) is 23.5 Å². The number of rotatable bonds is 4. The van der Waals surface area contributed by atoms with Gasteiger partial charge in [0.25, 0.3) is 0 Å². The molecule has 4 rings (SSSR count). The number of thiophene rings is 1. The maximum atomic E-state index is 12.0. The third kappa shape index (κ3) is 3.92. The summed E-state index contributed by atoms with van der Waals surface area (Å²) in [6, 6.07) is 13.9. The highest BCUT2D eigenvalue weighted by molar-refractivity contribution is 7.16. The van der Waals surface area contributed by atoms with Crippen molar-refractivity contribution in [3.63, 3.8) is 0 Å². The van der Waals surface area contributed by atoms with Crippen molar-refractivity contribution in [3.05, 3.63) is 64.7 Å². The van der Waals surface area contributed by atoms with Gasteiger partial charge < -0.3 is 14.4 Å². The van der Waals surface area contributed by atoms with Crippen LogP contribution in [0.3, 0.4) is 0 Å². The number of hydrogen-bond donors (Lipinski definition) is 0. The van der Waals surface area contributed by atoms with Gasteiger partial charge in [0.05, 0.1) is 18.2 Å². The summed E-state index contributed by atoms with van der Waals surface area (Å²) in [5.41, 5.74) is 1.35. The first kappa shape index (κ1) is 16.8. The molecule has 0 amide bonds. The average molecular weight is 366 g/mol. The standard InChI is InChI=1S/C20H18N2O3S/c23-20-17(21-18(25-20)8-6-15-4-2-1-3-5-15)14-16-7-9-19(26-16)22-10-12-24-13-11-22/h1-9,14H,10-13H2/b8-6+,17-14-. The van der Waals surface area contributed by atoms with Gasteiger partial charge in [0, 0.05) is 24.0 Å². The van der Waals surface area contributed by atoms with Crippen LogP contribution in [-0.2, 0) is 14.3 Å². The number of nitrogens with zero attached hydrogens (tertiary/aromatic N) is 2. The molecule has 5 nitrogen and oxygen atoms in total. The van der Waals surface area contributed by atoms with Crippen molar-refractivity contribution in [2.45, 2.75) is 0 Å². The van der Waals surface area contributed by atoms with Crippen molar-refractivity contribution >= 4 is 40.4 Å². The second-order valence-corrected chi connectivity index (χ2v) is 6.98. The zero-order valence-electron chi connectivity index (χ0n) is 14.1. The van der Waals surface area contributed by atoms with Crippen LogP contribution >= 0.6 is 11.3 Å². The Morgan fingerprint density at radius 2 is 1.85 bits per heavy atom. The summed E-state index contributed by atoms with van der Waals surface area (Å²) < 4.78 is 10.6. The number of ether oxygens (including phenoxy) is 2. The van der Waals surface area contributed by atoms with Gasteiger partial charge >= 0.3 is 5.97 Å². The molecule has 0 spiro atoms. The molecule has 1 aromatic carbocycles. The lowest BCUT2D eigenvalue weighted by atomic mass is 10.2. The summed E-state index contributed by atoms with van der Waals surface area (Å²) in [5.74, 6) is -0.103. The predicted octanol–water partition coefficient (Wildman–Crippen LogP) is 3.59. The van der Waals surface area contributed by atoms with Gasteiger partial charge in [-0.15, -0.1) is 11.3 Å². The highest BCUT2D eigenvalue weighted by Gasteiger charge is 2.21. The first-order valence-corrected chi connectivity index (χ1v) is 9.28. The van der Waals surface area contributed by atoms with E-state index in [1.165, 1.54) is 5.00 Å². The summed E-state index contributed by atoms with van der Waals surface area (Å²) in [6.07, 6.45) is 5.36. The van der Waals surface area contributed by atoms with Crippen molar-refractivity contribution in [2.24, 2.45) is 4.99 Å². The second-order valence-electron chi connectivity index (χ2n) is 5.89. The molecule has 1 fully saturated rings. The monoisotopic (exact) mass is 366 g/mol. The molecule has 0 aliphatic carbocycles. The third-order valence-electron chi connectivity index (χ3n) is 4.07. The Bertz CT molecular complexity index is 877. The van der Waals surface area contributed by atoms with Gasteiger partial charge in [-0.1, -0.05) is 30.3 Å². The summed E-state index contributed by atoms with van der Waals surface area (Å²) in [5, 5.41) is 1.18. The largest absolute Gasteiger partial charge is 0.403 e. The van der Waals surface area contributed by atoms with Crippen LogP contribution < -0.4 is 4.90 Å². The van der Waals surface area contributed by atoms with Crippen LogP contribution in [0.1, 0.15) is 10.4 Å². The van der Waals surface area contributed by atoms with E-state index >= 15 is 0 Å². The van der Waals surface area contributed by atoms with E-state index in [4.69, 9.17) is 9.47 Å². The van der Waals surface area contributed by atoms with Gasteiger partial charge in [0.15, 0.2) is 5.70 Å². The molecule has 0 N–H and O–H groups in total. The highest BCUT2D eigenvalue weighted by atomic mass is 32.1. The molecule has 1 aromatic heterocycles. The highest BCUT2D eigenvalue weighted by Crippen LogP contribution is 2.29. The zero-order chi connectivity index (χ0) is 17.8. The Morgan fingerprint density at radius 1 is 1.04 bits per heavy atom. The molecule has 1 saturated heterocycles. The number of anilines is 1. The molecule has 6 heteroatoms. The molecule has 2 aliphatic heterocycles. The molecular weight excluding hydrogens is 348 g/mol. The molecule has 0 radical (unpaired) electrons. The summed E-state index contributed by atoms with van der Waals surface area (Å²) in [7, 11) is 0. The number of aliphatic imine (C=N–C) groups is 1. The van der Waals surface area contributed by atoms with Crippen LogP contribution in [-0.4, -0.2) is 38.2 Å². The van der Waals surface area contributed by atoms with E-state index in [0.717, 1.165) is 36.7 Å². The van der Waals surface area contributed by atoms with Gasteiger partial charge in [0.2, 0.25) is 5.90 Å². The maximum absolute atomic E-state index is 12.0. The Labute approximate surface area is 155 Å². The number of carbonyl (C=O) groups is 1. The summed E-state index contributed by atoms with van der Waals surface area (Å²) in [6.45, 7) is 3.29. The zero-order valence-corrected chi connectivity index (χ0v) is 14.9. The molecule has 132 valence electrons. The van der Waals surface area contributed by atoms with E-state index in [0.29, 0.717) is 11.6 Å². The number of esters is 1. The Hall–Kier alpha value is -2.70. The number of hydrogen-bond acceptors (Lipinski definition) is 6. The Morgan fingerprint density at radius 3 is 2.65 bits per heavy atom. The lowest BCUT2D eigenvalue weighted by molar-refractivity contribution is -0.129. The van der Waals surface area contributed by atoms with Crippen LogP contribution in [0.2, 0.25) is 0 Å². The average Bonchev–Trinajstić information content (AvgIpc) is 3.29. The first-order chi connectivity index (χ1) is 12.8. The Balaban J connectivity index is 1.48. The van der Waals surface area contributed by atoms with E-state index in [2.05, 4.69) is 16.0 Å². The van der Waals surface area contributed by atoms with Crippen LogP contribution in [0.25, 0.3) is 12.2 Å². The third-order valence-corrected chi connectivity index (χ3v) is 5.16. The minimum Gasteiger partial charge on any atom is -0.403 e. The molecule has 0 unspecified atom stereocenters. The van der Waals surface area contributed by atoms with Crippen molar-refractivity contribution in [1.29, 1.82) is 0 Å². The fourth-order valence-electron chi connectivity index (χ4n) is 2.74. The van der Waals surface area contributed by atoms with Crippen molar-refractivity contribution in [2.75, 3.05) is 31.2 Å². The molecule has 2 aliphatic rings. The number of morpholine rings is 1. The van der Waals surface area contributed by atoms with Gasteiger partial charge in [-0.2, -0.15) is 0 Å². The summed E-state index contributed by atoms with van der Waals surface area (Å²) in [4.78, 5) is 19.6. The minimum absolute atomic E-state index is 0.315. The van der Waals surface area contributed by atoms with E-state index < -0.39 is 5.97 Å². The molecule has 0 bridgehead atoms. The van der Waals surface area contributed by atoms with Crippen LogP contribution in [0, 0.1) is 0 Å². The molecule has 0 atom stereocenters. The summed E-state index contributed by atoms with van der Waals surface area (Å²) >= 11 is 1.64. The SMILES string of the molecule is O=C1OC(/C=C/c2ccccc2)=NC/1=C\c1ccc(N2CCOCC2)s1. The number of cyclic esters (lactones) is 1. The van der Waals surface area contributed by atoms with Crippen molar-refractivity contribution in [1.82, 2.24) is 0 Å². The Kier molecular flexibility index (Phi) is 4.95. The number of carbonyl (C=O) groups excluding carboxylic acids is 1. The predicted molar refractivity (Wildman–Crippen MR) is 104 cm³/mol. The lowest BCUT2D eigenvalue weighted by Gasteiger charge is -2.27. The minimum atomic E-state index is -0.418. The molecule has 26 heavy (non-hydrogen) atoms. The number of benzene rings is 1. The first-order valence-electron chi connectivity index (χ1n) is 8.46. The van der Waals surface area contributed by atoms with Crippen molar-refractivity contribution < 1.29 is 14.3 Å². The molecule has 0 saturated carbocycles. The van der Waals surface area contributed by atoms with Crippen LogP contribution in [0.4, 0.5) is 5.00 Å². The van der Waals surface area contributed by atoms with Crippen LogP contribution in [0.15, 0.2) is 59.2 Å². The van der Waals surface area contributed by atoms with Gasteiger partial charge in [-0.05, 0) is 29.8 Å². The van der Waals surface area contributed by atoms with Gasteiger partial charge in [-0.25, -0.2) is 9.79 Å². The lowest BCUT2D eigenvalue weighted by Crippen LogP contribution is -2.35. The van der Waals surface area contributed by atoms with Gasteiger partial charge in [0.1, 0.15) is 0 Å². The molecular formula is C20H18N2O3S. The maximum Gasteiger partial charge on any atom is 0.363 e. The fraction of sp³-hybridized carbons (Fsp3) is 0.200. The normalized spacial score (nSPS) is 19.2. The van der Waals surface area contributed by atoms with Crippen molar-refractivity contribution in [3.8, 4) is 0 Å². The fourth-order valence-corrected chi connectivity index (χ4v) is 3.73. The van der Waals surface area contributed by atoms with Gasteiger partial charge in [-0.3, -0.25) is 0 Å². The topological polar surface area (TPSA) is 51.1 Å². The quantitative estimate of drug-likeness (QED) is 0.613. The van der Waals surface area contributed by atoms with E-state index in [-0.39, 0.29) is 0 Å².